The highest BCUT2D eigenvalue weighted by atomic mass is 19.1. The summed E-state index contributed by atoms with van der Waals surface area (Å²) in [6, 6.07) is 15.4. The van der Waals surface area contributed by atoms with Crippen LogP contribution in [0.3, 0.4) is 0 Å². The molecule has 0 saturated heterocycles. The number of benzene rings is 3. The monoisotopic (exact) mass is 865 g/mol. The average molecular weight is 865 g/mol. The lowest BCUT2D eigenvalue weighted by Gasteiger charge is -2.39. The quantitative estimate of drug-likeness (QED) is 0.0478. The Morgan fingerprint density at radius 3 is 1.13 bits per heavy atom. The van der Waals surface area contributed by atoms with Gasteiger partial charge in [-0.05, 0) is 123 Å². The Labute approximate surface area is 381 Å². The molecule has 352 valence electrons. The number of hydrogen-bond acceptors (Lipinski definition) is 3. The van der Waals surface area contributed by atoms with Gasteiger partial charge in [0.05, 0.1) is 52.4 Å². The molecule has 0 fully saturated rings. The lowest BCUT2D eigenvalue weighted by molar-refractivity contribution is -0.929. The minimum atomic E-state index is -2.48. The smallest absolute Gasteiger partial charge is 0.133 e. The van der Waals surface area contributed by atoms with Gasteiger partial charge in [0.15, 0.2) is 0 Å². The second kappa shape index (κ2) is 34.6. The van der Waals surface area contributed by atoms with E-state index in [4.69, 9.17) is 4.65 Å². The van der Waals surface area contributed by atoms with Gasteiger partial charge in [-0.1, -0.05) is 144 Å². The molecule has 3 aromatic carbocycles. The molecule has 0 saturated carbocycles. The Bertz CT molecular complexity index is 1430. The molecule has 0 aromatic heterocycles. The molecule has 0 aliphatic carbocycles. The van der Waals surface area contributed by atoms with Gasteiger partial charge in [-0.15, -0.1) is 0 Å². The van der Waals surface area contributed by atoms with E-state index in [2.05, 4.69) is 62.3 Å². The molecule has 0 amide bonds. The van der Waals surface area contributed by atoms with E-state index in [0.29, 0.717) is 11.1 Å². The first-order chi connectivity index (χ1) is 30.0. The fourth-order valence-electron chi connectivity index (χ4n) is 8.47. The van der Waals surface area contributed by atoms with Crippen LogP contribution in [0, 0.1) is 11.6 Å². The van der Waals surface area contributed by atoms with Crippen LogP contribution in [0.25, 0.3) is 22.3 Å². The Balaban J connectivity index is 0.000000494. The summed E-state index contributed by atoms with van der Waals surface area (Å²) in [7, 11) is -2.48. The molecule has 5 nitrogen and oxygen atoms in total. The molecule has 0 N–H and O–H groups in total. The lowest BCUT2D eigenvalue weighted by atomic mass is 9.93. The predicted octanol–water partition coefficient (Wildman–Crippen LogP) is 13.7. The van der Waals surface area contributed by atoms with Crippen LogP contribution in [0.1, 0.15) is 183 Å². The molecule has 3 rings (SSSR count). The van der Waals surface area contributed by atoms with E-state index in [9.17, 15) is 18.8 Å². The first kappa shape index (κ1) is 57.2. The van der Waals surface area contributed by atoms with E-state index in [1.54, 1.807) is 36.4 Å². The van der Waals surface area contributed by atoms with Gasteiger partial charge in [-0.25, -0.2) is 8.78 Å². The summed E-state index contributed by atoms with van der Waals surface area (Å²) >= 11 is 0. The third-order valence-electron chi connectivity index (χ3n) is 12.4. The lowest BCUT2D eigenvalue weighted by Crippen LogP contribution is -2.50. The van der Waals surface area contributed by atoms with Crippen LogP contribution in [-0.2, 0) is 6.42 Å². The maximum Gasteiger partial charge on any atom is 0.133 e. The number of rotatable bonds is 31. The Morgan fingerprint density at radius 1 is 0.419 bits per heavy atom. The molecular formula is C54H91BF2N2O3. The molecule has 0 atom stereocenters. The Hall–Kier alpha value is -2.78. The zero-order chi connectivity index (χ0) is 46.1. The van der Waals surface area contributed by atoms with E-state index >= 15 is 0 Å². The standard InChI is InChI=1S/C22H19BF2O3.2C16H36N/c1-2-3-4-16-13-19(25)10-11-20(16)17-7-12-22(28-23(26)27)21(14-17)15-5-8-18(24)9-6-15;2*1-5-9-13-17(14-10-6-2,15-11-7-3)16-12-8-4/h5-14H,2-4H2,1H3;2*5-16H2,1-4H3/q-2;2*+1. The molecule has 3 aromatic rings. The summed E-state index contributed by atoms with van der Waals surface area (Å²) in [6.45, 7) is 32.1. The van der Waals surface area contributed by atoms with Crippen LogP contribution in [0.2, 0.25) is 0 Å². The molecule has 0 radical (unpaired) electrons. The van der Waals surface area contributed by atoms with Crippen LogP contribution in [0.5, 0.6) is 5.75 Å². The van der Waals surface area contributed by atoms with Gasteiger partial charge in [-0.3, -0.25) is 0 Å². The van der Waals surface area contributed by atoms with Crippen LogP contribution in [0.15, 0.2) is 60.7 Å². The second-order valence-corrected chi connectivity index (χ2v) is 17.8. The van der Waals surface area contributed by atoms with Crippen molar-refractivity contribution in [3.05, 3.63) is 77.9 Å². The SMILES string of the molecule is CCCC[N+](CCCC)(CCCC)CCCC.CCCC[N+](CCCC)(CCCC)CCCC.CCCCc1cc(F)ccc1-c1ccc(OB([O-])[O-])c(-c2ccc(F)cc2)c1. The van der Waals surface area contributed by atoms with Crippen LogP contribution in [0.4, 0.5) is 8.78 Å². The Kier molecular flexibility index (Phi) is 32.0. The summed E-state index contributed by atoms with van der Waals surface area (Å²) in [4.78, 5) is 0. The molecule has 0 aliphatic rings. The van der Waals surface area contributed by atoms with Crippen molar-refractivity contribution >= 4 is 7.32 Å². The normalized spacial score (nSPS) is 11.4. The van der Waals surface area contributed by atoms with Crippen molar-refractivity contribution in [3.63, 3.8) is 0 Å². The molecule has 0 bridgehead atoms. The minimum absolute atomic E-state index is 0.127. The second-order valence-electron chi connectivity index (χ2n) is 17.8. The fraction of sp³-hybridized carbons (Fsp3) is 0.667. The van der Waals surface area contributed by atoms with Gasteiger partial charge >= 0.3 is 0 Å². The largest absolute Gasteiger partial charge is 0.860 e. The first-order valence-electron chi connectivity index (χ1n) is 25.3. The predicted molar refractivity (Wildman–Crippen MR) is 261 cm³/mol. The van der Waals surface area contributed by atoms with Gasteiger partial charge in [-0.2, -0.15) is 0 Å². The van der Waals surface area contributed by atoms with E-state index in [1.807, 2.05) is 0 Å². The molecule has 8 heteroatoms. The number of nitrogens with zero attached hydrogens (tertiary/aromatic N) is 2. The highest BCUT2D eigenvalue weighted by Gasteiger charge is 2.26. The Morgan fingerprint density at radius 2 is 0.774 bits per heavy atom. The summed E-state index contributed by atoms with van der Waals surface area (Å²) < 4.78 is 34.8. The zero-order valence-corrected chi connectivity index (χ0v) is 41.3. The van der Waals surface area contributed by atoms with Crippen molar-refractivity contribution in [2.45, 2.75) is 184 Å². The summed E-state index contributed by atoms with van der Waals surface area (Å²) in [5.41, 5.74) is 3.65. The minimum Gasteiger partial charge on any atom is -0.860 e. The molecule has 62 heavy (non-hydrogen) atoms. The third kappa shape index (κ3) is 22.7. The van der Waals surface area contributed by atoms with E-state index in [-0.39, 0.29) is 11.6 Å². The van der Waals surface area contributed by atoms with Gasteiger partial charge in [0.25, 0.3) is 0 Å². The van der Waals surface area contributed by atoms with Gasteiger partial charge < -0.3 is 23.7 Å². The molecule has 0 aliphatic heterocycles. The van der Waals surface area contributed by atoms with Crippen molar-refractivity contribution in [1.82, 2.24) is 0 Å². The number of hydrogen-bond donors (Lipinski definition) is 0. The van der Waals surface area contributed by atoms with Crippen molar-refractivity contribution in [2.75, 3.05) is 52.4 Å². The number of quaternary nitrogens is 2. The van der Waals surface area contributed by atoms with Crippen molar-refractivity contribution in [1.29, 1.82) is 0 Å². The zero-order valence-electron chi connectivity index (χ0n) is 41.3. The van der Waals surface area contributed by atoms with E-state index < -0.39 is 13.1 Å². The highest BCUT2D eigenvalue weighted by molar-refractivity contribution is 6.29. The summed E-state index contributed by atoms with van der Waals surface area (Å²) in [5, 5.41) is 22.0. The maximum absolute atomic E-state index is 13.8. The van der Waals surface area contributed by atoms with Crippen LogP contribution in [-0.4, -0.2) is 68.6 Å². The van der Waals surface area contributed by atoms with E-state index in [0.717, 1.165) is 36.0 Å². The molecule has 0 unspecified atom stereocenters. The van der Waals surface area contributed by atoms with Crippen molar-refractivity contribution in [3.8, 4) is 28.0 Å². The highest BCUT2D eigenvalue weighted by Crippen LogP contribution is 2.36. The van der Waals surface area contributed by atoms with E-state index in [1.165, 1.54) is 188 Å². The summed E-state index contributed by atoms with van der Waals surface area (Å²) in [5.74, 6) is -0.565. The number of aryl methyl sites for hydroxylation is 1. The fourth-order valence-corrected chi connectivity index (χ4v) is 8.47. The maximum atomic E-state index is 13.8. The van der Waals surface area contributed by atoms with Crippen molar-refractivity contribution in [2.24, 2.45) is 0 Å². The average Bonchev–Trinajstić information content (AvgIpc) is 3.28. The molecule has 0 spiro atoms. The first-order valence-corrected chi connectivity index (χ1v) is 25.3. The molecular weight excluding hydrogens is 773 g/mol. The van der Waals surface area contributed by atoms with Crippen molar-refractivity contribution < 1.29 is 32.4 Å². The van der Waals surface area contributed by atoms with Crippen LogP contribution < -0.4 is 14.7 Å². The molecule has 0 heterocycles. The van der Waals surface area contributed by atoms with Gasteiger partial charge in [0.1, 0.15) is 24.7 Å². The topological polar surface area (TPSA) is 55.3 Å². The van der Waals surface area contributed by atoms with Gasteiger partial charge in [0, 0.05) is 5.56 Å². The number of unbranched alkanes of at least 4 members (excludes halogenated alkanes) is 9. The third-order valence-corrected chi connectivity index (χ3v) is 12.4. The van der Waals surface area contributed by atoms with Gasteiger partial charge in [0.2, 0.25) is 0 Å². The van der Waals surface area contributed by atoms with Crippen LogP contribution >= 0.6 is 0 Å². The number of halogens is 2. The summed E-state index contributed by atoms with van der Waals surface area (Å²) in [6.07, 6.45) is 24.8.